The maximum atomic E-state index is 12.5. The van der Waals surface area contributed by atoms with Gasteiger partial charge in [0.25, 0.3) is 11.4 Å². The third-order valence-corrected chi connectivity index (χ3v) is 4.60. The number of ether oxygens (including phenoxy) is 1. The van der Waals surface area contributed by atoms with Gasteiger partial charge in [0.05, 0.1) is 4.92 Å². The van der Waals surface area contributed by atoms with Crippen LogP contribution in [0.3, 0.4) is 0 Å². The summed E-state index contributed by atoms with van der Waals surface area (Å²) in [6, 6.07) is 5.90. The standard InChI is InChI=1S/C18H19F2N3O4S/c1-10-15(11(2)22-18(21-10)28-17(19)20)7-8-16(24)27-12(3)13-5-4-6-14(9-13)23(25)26/h4-6,9,12,17H,7-8H2,1-3H3/t12-/m0/s1. The van der Waals surface area contributed by atoms with Gasteiger partial charge in [0.15, 0.2) is 5.16 Å². The van der Waals surface area contributed by atoms with E-state index in [9.17, 15) is 23.7 Å². The Morgan fingerprint density at radius 1 is 1.29 bits per heavy atom. The molecule has 1 heterocycles. The Labute approximate surface area is 164 Å². The van der Waals surface area contributed by atoms with Crippen LogP contribution in [-0.2, 0) is 16.0 Å². The number of nitro groups is 1. The number of aryl methyl sites for hydroxylation is 2. The molecule has 0 bridgehead atoms. The predicted octanol–water partition coefficient (Wildman–Crippen LogP) is 4.55. The molecule has 2 rings (SSSR count). The molecule has 0 spiro atoms. The Morgan fingerprint density at radius 3 is 2.50 bits per heavy atom. The predicted molar refractivity (Wildman–Crippen MR) is 99.3 cm³/mol. The molecule has 150 valence electrons. The Bertz CT molecular complexity index is 857. The van der Waals surface area contributed by atoms with Crippen molar-refractivity contribution in [3.63, 3.8) is 0 Å². The molecule has 0 aliphatic rings. The number of thioether (sulfide) groups is 1. The smallest absolute Gasteiger partial charge is 0.306 e. The van der Waals surface area contributed by atoms with Gasteiger partial charge in [0, 0.05) is 29.9 Å². The molecule has 1 atom stereocenters. The molecule has 10 heteroatoms. The first-order chi connectivity index (χ1) is 13.2. The molecular formula is C18H19F2N3O4S. The van der Waals surface area contributed by atoms with E-state index in [4.69, 9.17) is 4.74 Å². The quantitative estimate of drug-likeness (QED) is 0.207. The normalized spacial score (nSPS) is 12.1. The van der Waals surface area contributed by atoms with Crippen molar-refractivity contribution < 1.29 is 23.2 Å². The van der Waals surface area contributed by atoms with Crippen LogP contribution in [0.5, 0.6) is 0 Å². The summed E-state index contributed by atoms with van der Waals surface area (Å²) in [7, 11) is 0. The number of esters is 1. The van der Waals surface area contributed by atoms with Crippen LogP contribution in [0.1, 0.15) is 42.0 Å². The van der Waals surface area contributed by atoms with E-state index in [0.29, 0.717) is 28.9 Å². The molecular weight excluding hydrogens is 392 g/mol. The molecule has 7 nitrogen and oxygen atoms in total. The van der Waals surface area contributed by atoms with Crippen molar-refractivity contribution in [1.29, 1.82) is 0 Å². The number of carbonyl (C=O) groups excluding carboxylic acids is 1. The first kappa shape index (κ1) is 21.7. The number of rotatable bonds is 8. The molecule has 0 aliphatic carbocycles. The summed E-state index contributed by atoms with van der Waals surface area (Å²) < 4.78 is 30.3. The highest BCUT2D eigenvalue weighted by Gasteiger charge is 2.17. The molecule has 28 heavy (non-hydrogen) atoms. The van der Waals surface area contributed by atoms with Gasteiger partial charge < -0.3 is 4.74 Å². The molecule has 0 saturated heterocycles. The Kier molecular flexibility index (Phi) is 7.38. The van der Waals surface area contributed by atoms with Gasteiger partial charge in [-0.1, -0.05) is 12.1 Å². The average Bonchev–Trinajstić information content (AvgIpc) is 2.60. The molecule has 0 fully saturated rings. The summed E-state index contributed by atoms with van der Waals surface area (Å²) in [5, 5.41) is 10.8. The van der Waals surface area contributed by atoms with Crippen molar-refractivity contribution in [2.45, 2.75) is 50.6 Å². The number of hydrogen-bond donors (Lipinski definition) is 0. The lowest BCUT2D eigenvalue weighted by Crippen LogP contribution is -2.11. The van der Waals surface area contributed by atoms with Crippen molar-refractivity contribution >= 4 is 23.4 Å². The van der Waals surface area contributed by atoms with E-state index in [2.05, 4.69) is 9.97 Å². The summed E-state index contributed by atoms with van der Waals surface area (Å²) in [6.07, 6.45) is -0.292. The van der Waals surface area contributed by atoms with E-state index in [1.54, 1.807) is 26.8 Å². The highest BCUT2D eigenvalue weighted by molar-refractivity contribution is 7.99. The number of nitrogens with zero attached hydrogens (tertiary/aromatic N) is 3. The molecule has 1 aromatic carbocycles. The van der Waals surface area contributed by atoms with E-state index in [1.807, 2.05) is 0 Å². The minimum atomic E-state index is -2.60. The van der Waals surface area contributed by atoms with Crippen molar-refractivity contribution in [3.05, 3.63) is 56.9 Å². The summed E-state index contributed by atoms with van der Waals surface area (Å²) in [4.78, 5) is 30.6. The zero-order chi connectivity index (χ0) is 20.8. The highest BCUT2D eigenvalue weighted by atomic mass is 32.2. The monoisotopic (exact) mass is 411 g/mol. The Balaban J connectivity index is 1.99. The molecule has 0 radical (unpaired) electrons. The summed E-state index contributed by atoms with van der Waals surface area (Å²) >= 11 is 0.274. The molecule has 0 unspecified atom stereocenters. The average molecular weight is 411 g/mol. The number of non-ortho nitro benzene ring substituents is 1. The third kappa shape index (κ3) is 5.95. The molecule has 1 aromatic heterocycles. The van der Waals surface area contributed by atoms with Gasteiger partial charge in [-0.2, -0.15) is 8.78 Å². The number of alkyl halides is 2. The first-order valence-corrected chi connectivity index (χ1v) is 9.28. The second kappa shape index (κ2) is 9.54. The summed E-state index contributed by atoms with van der Waals surface area (Å²) in [6.45, 7) is 4.99. The lowest BCUT2D eigenvalue weighted by molar-refractivity contribution is -0.385. The fraction of sp³-hybridized carbons (Fsp3) is 0.389. The van der Waals surface area contributed by atoms with E-state index in [1.165, 1.54) is 18.2 Å². The fourth-order valence-electron chi connectivity index (χ4n) is 2.65. The Morgan fingerprint density at radius 2 is 1.93 bits per heavy atom. The lowest BCUT2D eigenvalue weighted by atomic mass is 10.1. The zero-order valence-electron chi connectivity index (χ0n) is 15.5. The van der Waals surface area contributed by atoms with Gasteiger partial charge >= 0.3 is 5.97 Å². The van der Waals surface area contributed by atoms with Gasteiger partial charge in [0.1, 0.15) is 6.10 Å². The zero-order valence-corrected chi connectivity index (χ0v) is 16.3. The number of benzene rings is 1. The third-order valence-electron chi connectivity index (χ3n) is 4.03. The maximum Gasteiger partial charge on any atom is 0.306 e. The molecule has 0 amide bonds. The van der Waals surface area contributed by atoms with Crippen molar-refractivity contribution in [2.75, 3.05) is 0 Å². The summed E-state index contributed by atoms with van der Waals surface area (Å²) in [5.74, 6) is -3.08. The van der Waals surface area contributed by atoms with Crippen molar-refractivity contribution in [1.82, 2.24) is 9.97 Å². The topological polar surface area (TPSA) is 95.2 Å². The van der Waals surface area contributed by atoms with Crippen LogP contribution in [0.2, 0.25) is 0 Å². The van der Waals surface area contributed by atoms with E-state index < -0.39 is 22.8 Å². The summed E-state index contributed by atoms with van der Waals surface area (Å²) in [5.41, 5.74) is 2.22. The second-order valence-electron chi connectivity index (χ2n) is 6.02. The van der Waals surface area contributed by atoms with Gasteiger partial charge in [-0.05, 0) is 50.1 Å². The van der Waals surface area contributed by atoms with Gasteiger partial charge in [-0.15, -0.1) is 0 Å². The molecule has 2 aromatic rings. The largest absolute Gasteiger partial charge is 0.458 e. The van der Waals surface area contributed by atoms with Crippen molar-refractivity contribution in [3.8, 4) is 0 Å². The van der Waals surface area contributed by atoms with Crippen molar-refractivity contribution in [2.24, 2.45) is 0 Å². The molecule has 0 N–H and O–H groups in total. The SMILES string of the molecule is Cc1nc(SC(F)F)nc(C)c1CCC(=O)O[C@@H](C)c1cccc([N+](=O)[O-])c1. The number of carbonyl (C=O) groups is 1. The number of nitro benzene ring substituents is 1. The van der Waals surface area contributed by atoms with E-state index in [-0.39, 0.29) is 29.0 Å². The van der Waals surface area contributed by atoms with Gasteiger partial charge in [-0.3, -0.25) is 14.9 Å². The minimum absolute atomic E-state index is 0.00405. The second-order valence-corrected chi connectivity index (χ2v) is 6.98. The van der Waals surface area contributed by atoms with E-state index in [0.717, 1.165) is 0 Å². The first-order valence-electron chi connectivity index (χ1n) is 8.40. The fourth-order valence-corrected chi connectivity index (χ4v) is 3.18. The lowest BCUT2D eigenvalue weighted by Gasteiger charge is -2.14. The van der Waals surface area contributed by atoms with Crippen LogP contribution >= 0.6 is 11.8 Å². The number of aromatic nitrogens is 2. The van der Waals surface area contributed by atoms with Crippen LogP contribution in [0.25, 0.3) is 0 Å². The Hall–Kier alpha value is -2.62. The van der Waals surface area contributed by atoms with E-state index >= 15 is 0 Å². The molecule has 0 saturated carbocycles. The minimum Gasteiger partial charge on any atom is -0.458 e. The van der Waals surface area contributed by atoms with Gasteiger partial charge in [0.2, 0.25) is 0 Å². The maximum absolute atomic E-state index is 12.5. The van der Waals surface area contributed by atoms with Gasteiger partial charge in [-0.25, -0.2) is 9.97 Å². The number of halogens is 2. The van der Waals surface area contributed by atoms with Crippen LogP contribution in [0.4, 0.5) is 14.5 Å². The van der Waals surface area contributed by atoms with Crippen LogP contribution < -0.4 is 0 Å². The van der Waals surface area contributed by atoms with Crippen LogP contribution in [0.15, 0.2) is 29.4 Å². The number of hydrogen-bond acceptors (Lipinski definition) is 7. The van der Waals surface area contributed by atoms with Crippen LogP contribution in [0, 0.1) is 24.0 Å². The molecule has 0 aliphatic heterocycles. The van der Waals surface area contributed by atoms with Crippen LogP contribution in [-0.4, -0.2) is 26.6 Å². The highest BCUT2D eigenvalue weighted by Crippen LogP contribution is 2.25.